The summed E-state index contributed by atoms with van der Waals surface area (Å²) < 4.78 is 32.0. The Morgan fingerprint density at radius 1 is 0.743 bits per heavy atom. The van der Waals surface area contributed by atoms with Crippen molar-refractivity contribution in [3.05, 3.63) is 12.2 Å². The molecule has 0 aromatic heterocycles. The minimum Gasteiger partial charge on any atom is -0.387 e. The molecule has 3 N–H and O–H groups in total. The lowest BCUT2D eigenvalue weighted by Gasteiger charge is -2.21. The molecule has 2 unspecified atom stereocenters. The van der Waals surface area contributed by atoms with Crippen molar-refractivity contribution >= 4 is 16.0 Å². The molecule has 1 amide bonds. The van der Waals surface area contributed by atoms with Gasteiger partial charge in [0.2, 0.25) is 5.91 Å². The zero-order chi connectivity index (χ0) is 26.2. The Morgan fingerprint density at radius 2 is 1.17 bits per heavy atom. The number of unbranched alkanes of at least 4 members (excludes halogenated alkanes) is 17. The van der Waals surface area contributed by atoms with Crippen LogP contribution in [0.2, 0.25) is 0 Å². The number of allylic oxidation sites excluding steroid dienone is 1. The highest BCUT2D eigenvalue weighted by atomic mass is 32.2. The average molecular weight is 518 g/mol. The summed E-state index contributed by atoms with van der Waals surface area (Å²) in [7, 11) is -4.32. The van der Waals surface area contributed by atoms with E-state index in [1.54, 1.807) is 0 Å². The number of nitrogens with one attached hydrogen (secondary N) is 1. The summed E-state index contributed by atoms with van der Waals surface area (Å²) in [6.45, 7) is 4.43. The van der Waals surface area contributed by atoms with E-state index in [4.69, 9.17) is 0 Å². The van der Waals surface area contributed by atoms with Gasteiger partial charge >= 0.3 is 0 Å². The first-order valence-electron chi connectivity index (χ1n) is 14.4. The van der Waals surface area contributed by atoms with Crippen molar-refractivity contribution in [2.75, 3.05) is 5.75 Å². The van der Waals surface area contributed by atoms with Crippen LogP contribution in [0.1, 0.15) is 142 Å². The van der Waals surface area contributed by atoms with E-state index in [9.17, 15) is 22.9 Å². The minimum atomic E-state index is -4.32. The maximum Gasteiger partial charge on any atom is 0.267 e. The number of hydrogen-bond acceptors (Lipinski definition) is 4. The molecule has 0 rings (SSSR count). The van der Waals surface area contributed by atoms with Crippen LogP contribution in [0.15, 0.2) is 12.2 Å². The third-order valence-electron chi connectivity index (χ3n) is 6.46. The zero-order valence-electron chi connectivity index (χ0n) is 22.7. The standard InChI is InChI=1S/C28H55NO5S/c1-3-5-7-9-11-13-15-17-19-21-23-27(30)26(25-35(32,33)34)29-28(31)24-22-20-18-16-14-12-10-8-6-4-2/h21,23,26-27,30H,3-20,22,24-25H2,1-2H3,(H,29,31)(H,32,33,34)/b23-21+. The molecule has 0 aromatic carbocycles. The summed E-state index contributed by atoms with van der Waals surface area (Å²) in [5.41, 5.74) is 0. The first-order chi connectivity index (χ1) is 16.8. The molecule has 0 heterocycles. The number of amides is 1. The molecule has 0 aliphatic rings. The van der Waals surface area contributed by atoms with Crippen LogP contribution in [0.25, 0.3) is 0 Å². The second-order valence-electron chi connectivity index (χ2n) is 10.0. The molecule has 0 saturated carbocycles. The van der Waals surface area contributed by atoms with Crippen molar-refractivity contribution < 1.29 is 22.9 Å². The fourth-order valence-corrected chi connectivity index (χ4v) is 5.00. The summed E-state index contributed by atoms with van der Waals surface area (Å²) in [5.74, 6) is -0.978. The van der Waals surface area contributed by atoms with E-state index in [0.717, 1.165) is 38.5 Å². The second kappa shape index (κ2) is 23.5. The number of carbonyl (C=O) groups excluding carboxylic acids is 1. The summed E-state index contributed by atoms with van der Waals surface area (Å²) in [5, 5.41) is 13.0. The molecule has 0 aromatic rings. The van der Waals surface area contributed by atoms with Gasteiger partial charge in [-0.2, -0.15) is 8.42 Å². The lowest BCUT2D eigenvalue weighted by atomic mass is 10.1. The van der Waals surface area contributed by atoms with Crippen LogP contribution in [0, 0.1) is 0 Å². The quantitative estimate of drug-likeness (QED) is 0.0679. The Morgan fingerprint density at radius 3 is 1.63 bits per heavy atom. The summed E-state index contributed by atoms with van der Waals surface area (Å²) in [6, 6.07) is -1.05. The number of rotatable bonds is 25. The maximum atomic E-state index is 12.3. The van der Waals surface area contributed by atoms with Gasteiger partial charge in [-0.15, -0.1) is 0 Å². The fourth-order valence-electron chi connectivity index (χ4n) is 4.27. The van der Waals surface area contributed by atoms with Gasteiger partial charge in [-0.3, -0.25) is 9.35 Å². The van der Waals surface area contributed by atoms with E-state index < -0.39 is 28.0 Å². The van der Waals surface area contributed by atoms with E-state index in [1.165, 1.54) is 89.5 Å². The molecule has 0 aliphatic carbocycles. The number of carbonyl (C=O) groups is 1. The molecular weight excluding hydrogens is 462 g/mol. The number of hydrogen-bond donors (Lipinski definition) is 3. The fraction of sp³-hybridized carbons (Fsp3) is 0.893. The van der Waals surface area contributed by atoms with Gasteiger partial charge < -0.3 is 10.4 Å². The van der Waals surface area contributed by atoms with Gasteiger partial charge in [0, 0.05) is 6.42 Å². The van der Waals surface area contributed by atoms with Crippen molar-refractivity contribution in [3.8, 4) is 0 Å². The Bertz CT molecular complexity index is 621. The van der Waals surface area contributed by atoms with Gasteiger partial charge in [0.15, 0.2) is 0 Å². The third-order valence-corrected chi connectivity index (χ3v) is 7.24. The van der Waals surface area contributed by atoms with Gasteiger partial charge in [-0.05, 0) is 19.3 Å². The lowest BCUT2D eigenvalue weighted by molar-refractivity contribution is -0.122. The Hall–Kier alpha value is -0.920. The molecule has 0 spiro atoms. The van der Waals surface area contributed by atoms with E-state index in [1.807, 2.05) is 6.08 Å². The van der Waals surface area contributed by atoms with Gasteiger partial charge in [0.25, 0.3) is 10.1 Å². The monoisotopic (exact) mass is 517 g/mol. The summed E-state index contributed by atoms with van der Waals surface area (Å²) in [6.07, 6.45) is 24.8. The van der Waals surface area contributed by atoms with Crippen LogP contribution in [-0.2, 0) is 14.9 Å². The molecule has 6 nitrogen and oxygen atoms in total. The molecule has 0 fully saturated rings. The molecular formula is C28H55NO5S. The van der Waals surface area contributed by atoms with Crippen LogP contribution < -0.4 is 5.32 Å². The van der Waals surface area contributed by atoms with Crippen LogP contribution in [-0.4, -0.2) is 41.9 Å². The predicted molar refractivity (Wildman–Crippen MR) is 147 cm³/mol. The molecule has 0 bridgehead atoms. The molecule has 2 atom stereocenters. The largest absolute Gasteiger partial charge is 0.387 e. The van der Waals surface area contributed by atoms with E-state index >= 15 is 0 Å². The van der Waals surface area contributed by atoms with Crippen molar-refractivity contribution in [3.63, 3.8) is 0 Å². The smallest absolute Gasteiger partial charge is 0.267 e. The third kappa shape index (κ3) is 24.5. The molecule has 35 heavy (non-hydrogen) atoms. The Labute approximate surface area is 216 Å². The second-order valence-corrected chi connectivity index (χ2v) is 11.5. The normalized spacial score (nSPS) is 13.8. The number of aliphatic hydroxyl groups excluding tert-OH is 1. The SMILES string of the molecule is CCCCCCCCCC/C=C/C(O)C(CS(=O)(=O)O)NC(=O)CCCCCCCCCCCC. The molecule has 0 radical (unpaired) electrons. The molecule has 0 aliphatic heterocycles. The first kappa shape index (κ1) is 34.1. The Kier molecular flexibility index (Phi) is 22.9. The molecule has 7 heteroatoms. The summed E-state index contributed by atoms with van der Waals surface area (Å²) >= 11 is 0. The van der Waals surface area contributed by atoms with Crippen LogP contribution >= 0.6 is 0 Å². The Balaban J connectivity index is 4.15. The van der Waals surface area contributed by atoms with E-state index in [-0.39, 0.29) is 5.91 Å². The topological polar surface area (TPSA) is 104 Å². The van der Waals surface area contributed by atoms with Crippen molar-refractivity contribution in [1.29, 1.82) is 0 Å². The van der Waals surface area contributed by atoms with Gasteiger partial charge in [-0.1, -0.05) is 129 Å². The maximum absolute atomic E-state index is 12.3. The highest BCUT2D eigenvalue weighted by Gasteiger charge is 2.24. The van der Waals surface area contributed by atoms with Gasteiger partial charge in [0.05, 0.1) is 17.9 Å². The average Bonchev–Trinajstić information content (AvgIpc) is 2.80. The van der Waals surface area contributed by atoms with E-state index in [2.05, 4.69) is 19.2 Å². The number of aliphatic hydroxyl groups is 1. The lowest BCUT2D eigenvalue weighted by Crippen LogP contribution is -2.46. The van der Waals surface area contributed by atoms with Crippen molar-refractivity contribution in [1.82, 2.24) is 5.32 Å². The van der Waals surface area contributed by atoms with Crippen LogP contribution in [0.4, 0.5) is 0 Å². The van der Waals surface area contributed by atoms with Gasteiger partial charge in [-0.25, -0.2) is 0 Å². The highest BCUT2D eigenvalue weighted by molar-refractivity contribution is 7.85. The van der Waals surface area contributed by atoms with Crippen LogP contribution in [0.3, 0.4) is 0 Å². The predicted octanol–water partition coefficient (Wildman–Crippen LogP) is 7.12. The minimum absolute atomic E-state index is 0.284. The summed E-state index contributed by atoms with van der Waals surface area (Å²) in [4.78, 5) is 12.3. The molecule has 208 valence electrons. The molecule has 0 saturated heterocycles. The van der Waals surface area contributed by atoms with Crippen molar-refractivity contribution in [2.24, 2.45) is 0 Å². The van der Waals surface area contributed by atoms with Crippen LogP contribution in [0.5, 0.6) is 0 Å². The van der Waals surface area contributed by atoms with Gasteiger partial charge in [0.1, 0.15) is 0 Å². The highest BCUT2D eigenvalue weighted by Crippen LogP contribution is 2.12. The first-order valence-corrected chi connectivity index (χ1v) is 16.0. The zero-order valence-corrected chi connectivity index (χ0v) is 23.5. The van der Waals surface area contributed by atoms with Crippen molar-refractivity contribution in [2.45, 2.75) is 154 Å². The van der Waals surface area contributed by atoms with E-state index in [0.29, 0.717) is 6.42 Å².